The number of nitrogens with one attached hydrogen (secondary N) is 2. The zero-order valence-corrected chi connectivity index (χ0v) is 16.8. The van der Waals surface area contributed by atoms with Crippen LogP contribution in [0.5, 0.6) is 0 Å². The van der Waals surface area contributed by atoms with Crippen LogP contribution >= 0.6 is 0 Å². The molecule has 0 radical (unpaired) electrons. The van der Waals surface area contributed by atoms with E-state index in [0.717, 1.165) is 12.1 Å². The van der Waals surface area contributed by atoms with Crippen molar-refractivity contribution in [1.29, 1.82) is 0 Å². The number of rotatable bonds is 5. The molecule has 10 heteroatoms. The van der Waals surface area contributed by atoms with Crippen LogP contribution in [-0.2, 0) is 10.0 Å². The van der Waals surface area contributed by atoms with E-state index < -0.39 is 27.7 Å². The lowest BCUT2D eigenvalue weighted by atomic mass is 10.1. The van der Waals surface area contributed by atoms with Gasteiger partial charge in [-0.1, -0.05) is 6.07 Å². The first kappa shape index (κ1) is 21.2. The van der Waals surface area contributed by atoms with Gasteiger partial charge in [0.25, 0.3) is 11.8 Å². The SMILES string of the molecule is Cc1ccc(S(N)(=O)=O)cc1C(=O)Nc1ccc(F)c(NC(=O)c2ccoc2C)c1. The Hall–Kier alpha value is -3.50. The van der Waals surface area contributed by atoms with Crippen molar-refractivity contribution in [3.8, 4) is 0 Å². The molecule has 0 aliphatic carbocycles. The highest BCUT2D eigenvalue weighted by atomic mass is 32.2. The highest BCUT2D eigenvalue weighted by molar-refractivity contribution is 7.89. The van der Waals surface area contributed by atoms with Gasteiger partial charge in [0.05, 0.1) is 22.4 Å². The van der Waals surface area contributed by atoms with Gasteiger partial charge in [-0.25, -0.2) is 17.9 Å². The molecule has 156 valence electrons. The molecule has 4 N–H and O–H groups in total. The van der Waals surface area contributed by atoms with Gasteiger partial charge < -0.3 is 15.1 Å². The second kappa shape index (κ2) is 8.09. The predicted molar refractivity (Wildman–Crippen MR) is 108 cm³/mol. The molecule has 1 heterocycles. The monoisotopic (exact) mass is 431 g/mol. The van der Waals surface area contributed by atoms with Gasteiger partial charge in [-0.05, 0) is 55.8 Å². The fraction of sp³-hybridized carbons (Fsp3) is 0.100. The van der Waals surface area contributed by atoms with Gasteiger partial charge in [0.2, 0.25) is 10.0 Å². The van der Waals surface area contributed by atoms with Gasteiger partial charge in [0.1, 0.15) is 11.6 Å². The van der Waals surface area contributed by atoms with Crippen LogP contribution in [0, 0.1) is 19.7 Å². The van der Waals surface area contributed by atoms with Crippen LogP contribution in [0.4, 0.5) is 15.8 Å². The zero-order valence-electron chi connectivity index (χ0n) is 16.0. The molecule has 3 aromatic rings. The van der Waals surface area contributed by atoms with Crippen molar-refractivity contribution < 1.29 is 26.8 Å². The summed E-state index contributed by atoms with van der Waals surface area (Å²) in [6.45, 7) is 3.23. The number of anilines is 2. The minimum atomic E-state index is -3.98. The van der Waals surface area contributed by atoms with E-state index in [1.807, 2.05) is 0 Å². The molecule has 1 aromatic heterocycles. The number of furan rings is 1. The molecule has 0 aliphatic rings. The van der Waals surface area contributed by atoms with Gasteiger partial charge in [-0.2, -0.15) is 0 Å². The van der Waals surface area contributed by atoms with Gasteiger partial charge in [0, 0.05) is 11.3 Å². The average Bonchev–Trinajstić information content (AvgIpc) is 3.09. The number of hydrogen-bond acceptors (Lipinski definition) is 5. The van der Waals surface area contributed by atoms with Crippen molar-refractivity contribution in [2.45, 2.75) is 18.7 Å². The lowest BCUT2D eigenvalue weighted by Crippen LogP contribution is -2.17. The molecule has 0 atom stereocenters. The van der Waals surface area contributed by atoms with E-state index >= 15 is 0 Å². The first-order valence-corrected chi connectivity index (χ1v) is 10.2. The number of hydrogen-bond donors (Lipinski definition) is 3. The summed E-state index contributed by atoms with van der Waals surface area (Å²) in [7, 11) is -3.98. The number of carbonyl (C=O) groups is 2. The highest BCUT2D eigenvalue weighted by Crippen LogP contribution is 2.23. The molecule has 2 amide bonds. The summed E-state index contributed by atoms with van der Waals surface area (Å²) in [5, 5.41) is 10.1. The van der Waals surface area contributed by atoms with E-state index in [0.29, 0.717) is 11.3 Å². The Morgan fingerprint density at radius 2 is 1.67 bits per heavy atom. The van der Waals surface area contributed by atoms with Crippen LogP contribution in [0.3, 0.4) is 0 Å². The highest BCUT2D eigenvalue weighted by Gasteiger charge is 2.17. The Morgan fingerprint density at radius 3 is 2.30 bits per heavy atom. The summed E-state index contributed by atoms with van der Waals surface area (Å²) >= 11 is 0. The van der Waals surface area contributed by atoms with Crippen molar-refractivity contribution >= 4 is 33.2 Å². The van der Waals surface area contributed by atoms with E-state index in [-0.39, 0.29) is 27.4 Å². The van der Waals surface area contributed by atoms with E-state index in [1.165, 1.54) is 36.6 Å². The minimum absolute atomic E-state index is 0.0884. The van der Waals surface area contributed by atoms with Gasteiger partial charge >= 0.3 is 0 Å². The second-order valence-electron chi connectivity index (χ2n) is 6.52. The van der Waals surface area contributed by atoms with Crippen LogP contribution in [-0.4, -0.2) is 20.2 Å². The number of halogens is 1. The maximum absolute atomic E-state index is 14.1. The zero-order chi connectivity index (χ0) is 22.1. The summed E-state index contributed by atoms with van der Waals surface area (Å²) in [5.74, 6) is -1.51. The topological polar surface area (TPSA) is 132 Å². The molecule has 0 fully saturated rings. The number of primary sulfonamides is 1. The Kier molecular flexibility index (Phi) is 5.72. The Bertz CT molecular complexity index is 1250. The van der Waals surface area contributed by atoms with Crippen LogP contribution in [0.1, 0.15) is 32.0 Å². The number of benzene rings is 2. The van der Waals surface area contributed by atoms with E-state index in [2.05, 4.69) is 10.6 Å². The molecule has 0 saturated heterocycles. The van der Waals surface area contributed by atoms with E-state index in [4.69, 9.17) is 9.56 Å². The third-order valence-corrected chi connectivity index (χ3v) is 5.27. The number of nitrogens with two attached hydrogens (primary N) is 1. The molecule has 30 heavy (non-hydrogen) atoms. The van der Waals surface area contributed by atoms with Crippen LogP contribution in [0.15, 0.2) is 58.0 Å². The summed E-state index contributed by atoms with van der Waals surface area (Å²) in [4.78, 5) is 24.7. The molecule has 0 spiro atoms. The van der Waals surface area contributed by atoms with Crippen LogP contribution in [0.25, 0.3) is 0 Å². The maximum Gasteiger partial charge on any atom is 0.259 e. The number of aryl methyl sites for hydroxylation is 2. The fourth-order valence-electron chi connectivity index (χ4n) is 2.73. The van der Waals surface area contributed by atoms with Crippen molar-refractivity contribution in [3.63, 3.8) is 0 Å². The Morgan fingerprint density at radius 1 is 0.967 bits per heavy atom. The first-order valence-electron chi connectivity index (χ1n) is 8.66. The summed E-state index contributed by atoms with van der Waals surface area (Å²) < 4.78 is 42.3. The molecule has 0 saturated carbocycles. The van der Waals surface area contributed by atoms with Crippen LogP contribution in [0.2, 0.25) is 0 Å². The summed E-state index contributed by atoms with van der Waals surface area (Å²) in [5.41, 5.74) is 0.908. The minimum Gasteiger partial charge on any atom is -0.469 e. The second-order valence-corrected chi connectivity index (χ2v) is 8.08. The van der Waals surface area contributed by atoms with Gasteiger partial charge in [0.15, 0.2) is 0 Å². The van der Waals surface area contributed by atoms with Gasteiger partial charge in [-0.15, -0.1) is 0 Å². The van der Waals surface area contributed by atoms with E-state index in [9.17, 15) is 22.4 Å². The molecule has 0 aliphatic heterocycles. The summed E-state index contributed by atoms with van der Waals surface area (Å²) in [6.07, 6.45) is 1.34. The standard InChI is InChI=1S/C20H18FN3O5S/c1-11-3-5-14(30(22,27)28)10-16(11)20(26)23-13-4-6-17(21)18(9-13)24-19(25)15-7-8-29-12(15)2/h3-10H,1-2H3,(H,23,26)(H,24,25)(H2,22,27,28). The molecule has 3 rings (SSSR count). The molecule has 0 unspecified atom stereocenters. The Balaban J connectivity index is 1.84. The summed E-state index contributed by atoms with van der Waals surface area (Å²) in [6, 6.07) is 9.01. The van der Waals surface area contributed by atoms with Gasteiger partial charge in [-0.3, -0.25) is 9.59 Å². The third kappa shape index (κ3) is 4.56. The predicted octanol–water partition coefficient (Wildman–Crippen LogP) is 3.19. The number of amides is 2. The maximum atomic E-state index is 14.1. The largest absolute Gasteiger partial charge is 0.469 e. The van der Waals surface area contributed by atoms with Crippen molar-refractivity contribution in [2.75, 3.05) is 10.6 Å². The van der Waals surface area contributed by atoms with E-state index in [1.54, 1.807) is 13.8 Å². The fourth-order valence-corrected chi connectivity index (χ4v) is 3.27. The lowest BCUT2D eigenvalue weighted by molar-refractivity contribution is 0.101. The molecular formula is C20H18FN3O5S. The average molecular weight is 431 g/mol. The first-order chi connectivity index (χ1) is 14.1. The lowest BCUT2D eigenvalue weighted by Gasteiger charge is -2.11. The normalized spacial score (nSPS) is 11.2. The molecular weight excluding hydrogens is 413 g/mol. The van der Waals surface area contributed by atoms with Crippen LogP contribution < -0.4 is 15.8 Å². The molecule has 8 nitrogen and oxygen atoms in total. The van der Waals surface area contributed by atoms with Crippen molar-refractivity contribution in [1.82, 2.24) is 0 Å². The van der Waals surface area contributed by atoms with Crippen molar-refractivity contribution in [2.24, 2.45) is 5.14 Å². The third-order valence-electron chi connectivity index (χ3n) is 4.36. The molecule has 0 bridgehead atoms. The Labute approximate surface area is 171 Å². The number of sulfonamides is 1. The number of carbonyl (C=O) groups excluding carboxylic acids is 2. The molecule has 2 aromatic carbocycles. The van der Waals surface area contributed by atoms with Crippen molar-refractivity contribution in [3.05, 3.63) is 77.0 Å². The quantitative estimate of drug-likeness (QED) is 0.571. The smallest absolute Gasteiger partial charge is 0.259 e.